The van der Waals surface area contributed by atoms with Crippen LogP contribution in [0.5, 0.6) is 0 Å². The summed E-state index contributed by atoms with van der Waals surface area (Å²) in [4.78, 5) is 10.7. The third kappa shape index (κ3) is 1.76. The molecule has 1 aliphatic rings. The van der Waals surface area contributed by atoms with Crippen molar-refractivity contribution < 1.29 is 19.7 Å². The molecule has 4 nitrogen and oxygen atoms in total. The number of ketones is 1. The Labute approximate surface area is 58.4 Å². The van der Waals surface area contributed by atoms with Crippen LogP contribution in [0.15, 0.2) is 0 Å². The van der Waals surface area contributed by atoms with E-state index in [0.717, 1.165) is 0 Å². The SMILES string of the molecule is O=C1C[C@@H](CO)O[C@@H](O)C1. The van der Waals surface area contributed by atoms with Crippen LogP contribution in [0.25, 0.3) is 0 Å². The molecular formula is C6H10O4. The largest absolute Gasteiger partial charge is 0.394 e. The van der Waals surface area contributed by atoms with Gasteiger partial charge in [0.15, 0.2) is 6.29 Å². The highest BCUT2D eigenvalue weighted by molar-refractivity contribution is 5.79. The second-order valence-electron chi connectivity index (χ2n) is 2.34. The zero-order valence-electron chi connectivity index (χ0n) is 5.49. The average molecular weight is 146 g/mol. The van der Waals surface area contributed by atoms with Crippen molar-refractivity contribution in [1.82, 2.24) is 0 Å². The standard InChI is InChI=1S/C6H10O4/c7-3-5-1-4(8)2-6(9)10-5/h5-7,9H,1-3H2/t5-,6+/m0/s1. The molecule has 0 spiro atoms. The molecule has 1 rings (SSSR count). The van der Waals surface area contributed by atoms with Gasteiger partial charge in [0.1, 0.15) is 5.78 Å². The van der Waals surface area contributed by atoms with Crippen molar-refractivity contribution in [2.75, 3.05) is 6.61 Å². The lowest BCUT2D eigenvalue weighted by Gasteiger charge is -2.23. The molecule has 0 aromatic carbocycles. The van der Waals surface area contributed by atoms with Gasteiger partial charge in [0.2, 0.25) is 0 Å². The lowest BCUT2D eigenvalue weighted by Crippen LogP contribution is -2.34. The lowest BCUT2D eigenvalue weighted by atomic mass is 10.1. The van der Waals surface area contributed by atoms with Crippen molar-refractivity contribution in [3.05, 3.63) is 0 Å². The van der Waals surface area contributed by atoms with E-state index in [2.05, 4.69) is 0 Å². The van der Waals surface area contributed by atoms with Gasteiger partial charge in [-0.05, 0) is 0 Å². The van der Waals surface area contributed by atoms with Crippen LogP contribution in [-0.4, -0.2) is 35.0 Å². The van der Waals surface area contributed by atoms with Gasteiger partial charge >= 0.3 is 0 Å². The smallest absolute Gasteiger partial charge is 0.161 e. The third-order valence-corrected chi connectivity index (χ3v) is 1.41. The molecular weight excluding hydrogens is 136 g/mol. The summed E-state index contributed by atoms with van der Waals surface area (Å²) in [5, 5.41) is 17.4. The highest BCUT2D eigenvalue weighted by Gasteiger charge is 2.25. The number of ether oxygens (including phenoxy) is 1. The summed E-state index contributed by atoms with van der Waals surface area (Å²) in [5.74, 6) is -0.0576. The molecule has 2 atom stereocenters. The van der Waals surface area contributed by atoms with Gasteiger partial charge in [-0.25, -0.2) is 0 Å². The number of aliphatic hydroxyl groups is 2. The van der Waals surface area contributed by atoms with Crippen LogP contribution in [0.2, 0.25) is 0 Å². The molecule has 10 heavy (non-hydrogen) atoms. The summed E-state index contributed by atoms with van der Waals surface area (Å²) < 4.78 is 4.79. The molecule has 0 aliphatic carbocycles. The quantitative estimate of drug-likeness (QED) is 0.500. The Bertz CT molecular complexity index is 134. The Balaban J connectivity index is 2.42. The number of aliphatic hydroxyl groups excluding tert-OH is 2. The summed E-state index contributed by atoms with van der Waals surface area (Å²) in [5.41, 5.74) is 0. The summed E-state index contributed by atoms with van der Waals surface area (Å²) in [6.07, 6.45) is -1.25. The average Bonchev–Trinajstić information content (AvgIpc) is 1.85. The molecule has 1 fully saturated rings. The second kappa shape index (κ2) is 3.09. The maximum atomic E-state index is 10.7. The zero-order valence-corrected chi connectivity index (χ0v) is 5.49. The Hall–Kier alpha value is -0.450. The molecule has 1 aliphatic heterocycles. The van der Waals surface area contributed by atoms with Crippen molar-refractivity contribution in [2.24, 2.45) is 0 Å². The number of hydrogen-bond acceptors (Lipinski definition) is 4. The molecule has 1 heterocycles. The Morgan fingerprint density at radius 2 is 2.30 bits per heavy atom. The fourth-order valence-electron chi connectivity index (χ4n) is 0.958. The number of hydrogen-bond donors (Lipinski definition) is 2. The van der Waals surface area contributed by atoms with Crippen molar-refractivity contribution in [3.8, 4) is 0 Å². The maximum Gasteiger partial charge on any atom is 0.161 e. The monoisotopic (exact) mass is 146 g/mol. The number of carbonyl (C=O) groups is 1. The number of carbonyl (C=O) groups excluding carboxylic acids is 1. The molecule has 0 unspecified atom stereocenters. The highest BCUT2D eigenvalue weighted by Crippen LogP contribution is 2.13. The second-order valence-corrected chi connectivity index (χ2v) is 2.34. The van der Waals surface area contributed by atoms with Crippen LogP contribution in [0.1, 0.15) is 12.8 Å². The van der Waals surface area contributed by atoms with E-state index in [1.807, 2.05) is 0 Å². The predicted molar refractivity (Wildman–Crippen MR) is 32.2 cm³/mol. The van der Waals surface area contributed by atoms with E-state index >= 15 is 0 Å². The van der Waals surface area contributed by atoms with Gasteiger partial charge in [-0.1, -0.05) is 0 Å². The molecule has 0 saturated carbocycles. The van der Waals surface area contributed by atoms with E-state index < -0.39 is 12.4 Å². The summed E-state index contributed by atoms with van der Waals surface area (Å²) in [6, 6.07) is 0. The van der Waals surface area contributed by atoms with Crippen LogP contribution in [-0.2, 0) is 9.53 Å². The van der Waals surface area contributed by atoms with E-state index in [4.69, 9.17) is 14.9 Å². The van der Waals surface area contributed by atoms with Crippen molar-refractivity contribution in [3.63, 3.8) is 0 Å². The molecule has 0 amide bonds. The molecule has 0 aromatic heterocycles. The molecule has 58 valence electrons. The molecule has 1 saturated heterocycles. The normalized spacial score (nSPS) is 34.4. The Morgan fingerprint density at radius 3 is 2.80 bits per heavy atom. The van der Waals surface area contributed by atoms with Gasteiger partial charge in [-0.15, -0.1) is 0 Å². The zero-order chi connectivity index (χ0) is 7.56. The molecule has 0 aromatic rings. The first kappa shape index (κ1) is 7.65. The first-order chi connectivity index (χ1) is 4.72. The highest BCUT2D eigenvalue weighted by atomic mass is 16.6. The van der Waals surface area contributed by atoms with Gasteiger partial charge < -0.3 is 14.9 Å². The van der Waals surface area contributed by atoms with Crippen molar-refractivity contribution >= 4 is 5.78 Å². The van der Waals surface area contributed by atoms with Crippen LogP contribution in [0.3, 0.4) is 0 Å². The van der Waals surface area contributed by atoms with Gasteiger partial charge in [-0.2, -0.15) is 0 Å². The molecule has 4 heteroatoms. The van der Waals surface area contributed by atoms with Crippen LogP contribution in [0, 0.1) is 0 Å². The minimum atomic E-state index is -1.02. The Morgan fingerprint density at radius 1 is 1.60 bits per heavy atom. The number of Topliss-reactive ketones (excluding diaryl/α,β-unsaturated/α-hetero) is 1. The minimum absolute atomic E-state index is 0.0521. The van der Waals surface area contributed by atoms with Crippen LogP contribution < -0.4 is 0 Å². The fraction of sp³-hybridized carbons (Fsp3) is 0.833. The predicted octanol–water partition coefficient (Wildman–Crippen LogP) is -0.955. The van der Waals surface area contributed by atoms with Gasteiger partial charge in [0, 0.05) is 6.42 Å². The van der Waals surface area contributed by atoms with E-state index in [1.165, 1.54) is 0 Å². The number of rotatable bonds is 1. The molecule has 2 N–H and O–H groups in total. The topological polar surface area (TPSA) is 66.8 Å². The van der Waals surface area contributed by atoms with Gasteiger partial charge in [-0.3, -0.25) is 4.79 Å². The molecule has 0 radical (unpaired) electrons. The Kier molecular flexibility index (Phi) is 2.37. The molecule has 0 bridgehead atoms. The summed E-state index contributed by atoms with van der Waals surface area (Å²) in [7, 11) is 0. The van der Waals surface area contributed by atoms with Crippen LogP contribution >= 0.6 is 0 Å². The first-order valence-electron chi connectivity index (χ1n) is 3.18. The fourth-order valence-corrected chi connectivity index (χ4v) is 0.958. The van der Waals surface area contributed by atoms with Crippen LogP contribution in [0.4, 0.5) is 0 Å². The third-order valence-electron chi connectivity index (χ3n) is 1.41. The minimum Gasteiger partial charge on any atom is -0.394 e. The van der Waals surface area contributed by atoms with Gasteiger partial charge in [0.05, 0.1) is 19.1 Å². The van der Waals surface area contributed by atoms with E-state index in [0.29, 0.717) is 0 Å². The summed E-state index contributed by atoms with van der Waals surface area (Å²) >= 11 is 0. The summed E-state index contributed by atoms with van der Waals surface area (Å²) in [6.45, 7) is -0.206. The first-order valence-corrected chi connectivity index (χ1v) is 3.18. The maximum absolute atomic E-state index is 10.7. The van der Waals surface area contributed by atoms with Crippen molar-refractivity contribution in [1.29, 1.82) is 0 Å². The van der Waals surface area contributed by atoms with Gasteiger partial charge in [0.25, 0.3) is 0 Å². The van der Waals surface area contributed by atoms with Crippen molar-refractivity contribution in [2.45, 2.75) is 25.2 Å². The van der Waals surface area contributed by atoms with E-state index in [1.54, 1.807) is 0 Å². The van der Waals surface area contributed by atoms with E-state index in [-0.39, 0.29) is 25.2 Å². The van der Waals surface area contributed by atoms with E-state index in [9.17, 15) is 4.79 Å². The lowest BCUT2D eigenvalue weighted by molar-refractivity contribution is -0.178.